The van der Waals surface area contributed by atoms with Crippen LogP contribution >= 0.6 is 0 Å². The van der Waals surface area contributed by atoms with Crippen LogP contribution in [-0.4, -0.2) is 38.7 Å². The number of hydrogen-bond donors (Lipinski definition) is 2. The lowest BCUT2D eigenvalue weighted by Crippen LogP contribution is -2.41. The number of β-amino-alcohol motifs (C(OH)–C–C–N with tert-alkyl or cyclic N) is 1. The highest BCUT2D eigenvalue weighted by atomic mass is 16.3. The number of rotatable bonds is 3. The molecule has 2 fully saturated rings. The van der Waals surface area contributed by atoms with Crippen LogP contribution in [0.1, 0.15) is 50.4 Å². The highest BCUT2D eigenvalue weighted by Gasteiger charge is 2.37. The molecular weight excluding hydrogens is 290 g/mol. The molecule has 23 heavy (non-hydrogen) atoms. The number of para-hydroxylation sites is 1. The van der Waals surface area contributed by atoms with Gasteiger partial charge in [-0.05, 0) is 44.4 Å². The first kappa shape index (κ1) is 14.8. The Kier molecular flexibility index (Phi) is 3.70. The molecule has 1 atom stereocenters. The maximum atomic E-state index is 12.3. The topological polar surface area (TPSA) is 69.2 Å². The van der Waals surface area contributed by atoms with Gasteiger partial charge in [0.15, 0.2) is 0 Å². The lowest BCUT2D eigenvalue weighted by molar-refractivity contribution is 0.00469. The van der Waals surface area contributed by atoms with Gasteiger partial charge in [-0.15, -0.1) is 0 Å². The van der Waals surface area contributed by atoms with Crippen LogP contribution in [0, 0.1) is 0 Å². The van der Waals surface area contributed by atoms with Gasteiger partial charge in [-0.2, -0.15) is 0 Å². The zero-order valence-electron chi connectivity index (χ0n) is 13.3. The van der Waals surface area contributed by atoms with Crippen molar-refractivity contribution in [3.8, 4) is 0 Å². The molecule has 1 unspecified atom stereocenters. The molecule has 1 aromatic carbocycles. The second kappa shape index (κ2) is 5.73. The number of benzene rings is 1. The van der Waals surface area contributed by atoms with Crippen LogP contribution in [-0.2, 0) is 0 Å². The van der Waals surface area contributed by atoms with Crippen molar-refractivity contribution >= 4 is 10.9 Å². The first-order valence-corrected chi connectivity index (χ1v) is 8.60. The predicted molar refractivity (Wildman–Crippen MR) is 89.3 cm³/mol. The molecule has 2 N–H and O–H groups in total. The fraction of sp³-hybridized carbons (Fsp3) is 0.556. The van der Waals surface area contributed by atoms with Gasteiger partial charge in [0.05, 0.1) is 22.5 Å². The lowest BCUT2D eigenvalue weighted by Gasteiger charge is -2.32. The Hall–Kier alpha value is -1.72. The quantitative estimate of drug-likeness (QED) is 0.913. The zero-order chi connectivity index (χ0) is 15.9. The van der Waals surface area contributed by atoms with E-state index in [1.54, 1.807) is 6.07 Å². The molecule has 1 saturated carbocycles. The minimum absolute atomic E-state index is 0.0722. The summed E-state index contributed by atoms with van der Waals surface area (Å²) in [5.41, 5.74) is 0.120. The molecule has 1 aromatic heterocycles. The second-order valence-corrected chi connectivity index (χ2v) is 7.03. The number of fused-ring (bicyclic) bond motifs is 1. The van der Waals surface area contributed by atoms with Crippen LogP contribution in [0.3, 0.4) is 0 Å². The van der Waals surface area contributed by atoms with E-state index in [9.17, 15) is 9.90 Å². The van der Waals surface area contributed by atoms with Gasteiger partial charge in [-0.25, -0.2) is 4.98 Å². The number of aromatic nitrogens is 2. The first-order chi connectivity index (χ1) is 11.1. The Morgan fingerprint density at radius 3 is 2.87 bits per heavy atom. The van der Waals surface area contributed by atoms with Crippen LogP contribution in [0.2, 0.25) is 0 Å². The normalized spacial score (nSPS) is 24.5. The summed E-state index contributed by atoms with van der Waals surface area (Å²) in [7, 11) is 0. The standard InChI is InChI=1S/C18H23N3O2/c22-17-13-6-1-2-7-14(13)19-16(20-17)15-8-5-11-21(15)12-18(23)9-3-4-10-18/h1-2,6-7,15,23H,3-5,8-12H2,(H,19,20,22). The average Bonchev–Trinajstić information content (AvgIpc) is 3.17. The Morgan fingerprint density at radius 1 is 1.26 bits per heavy atom. The Morgan fingerprint density at radius 2 is 2.04 bits per heavy atom. The molecule has 1 saturated heterocycles. The van der Waals surface area contributed by atoms with E-state index >= 15 is 0 Å². The number of H-pyrrole nitrogens is 1. The fourth-order valence-corrected chi connectivity index (χ4v) is 4.16. The summed E-state index contributed by atoms with van der Waals surface area (Å²) in [5.74, 6) is 0.743. The zero-order valence-corrected chi connectivity index (χ0v) is 13.3. The summed E-state index contributed by atoms with van der Waals surface area (Å²) in [4.78, 5) is 22.3. The summed E-state index contributed by atoms with van der Waals surface area (Å²) < 4.78 is 0. The summed E-state index contributed by atoms with van der Waals surface area (Å²) in [5, 5.41) is 11.3. The maximum absolute atomic E-state index is 12.3. The van der Waals surface area contributed by atoms with E-state index in [0.29, 0.717) is 11.9 Å². The van der Waals surface area contributed by atoms with Crippen molar-refractivity contribution in [3.05, 3.63) is 40.4 Å². The van der Waals surface area contributed by atoms with E-state index in [4.69, 9.17) is 0 Å². The summed E-state index contributed by atoms with van der Waals surface area (Å²) in [6.45, 7) is 1.65. The van der Waals surface area contributed by atoms with E-state index in [2.05, 4.69) is 14.9 Å². The van der Waals surface area contributed by atoms with E-state index in [1.165, 1.54) is 0 Å². The number of likely N-dealkylation sites (tertiary alicyclic amines) is 1. The number of aromatic amines is 1. The fourth-order valence-electron chi connectivity index (χ4n) is 4.16. The molecule has 5 nitrogen and oxygen atoms in total. The monoisotopic (exact) mass is 313 g/mol. The van der Waals surface area contributed by atoms with Crippen LogP contribution in [0.15, 0.2) is 29.1 Å². The molecule has 0 radical (unpaired) electrons. The van der Waals surface area contributed by atoms with E-state index < -0.39 is 5.60 Å². The van der Waals surface area contributed by atoms with Crippen molar-refractivity contribution in [2.45, 2.75) is 50.2 Å². The molecule has 1 aliphatic carbocycles. The maximum Gasteiger partial charge on any atom is 0.258 e. The molecule has 2 aromatic rings. The smallest absolute Gasteiger partial charge is 0.258 e. The predicted octanol–water partition coefficient (Wildman–Crippen LogP) is 2.37. The third kappa shape index (κ3) is 2.79. The lowest BCUT2D eigenvalue weighted by atomic mass is 10.0. The molecule has 1 aliphatic heterocycles. The van der Waals surface area contributed by atoms with Gasteiger partial charge in [0.2, 0.25) is 0 Å². The van der Waals surface area contributed by atoms with Crippen molar-refractivity contribution in [1.82, 2.24) is 14.9 Å². The summed E-state index contributed by atoms with van der Waals surface area (Å²) >= 11 is 0. The Labute approximate surface area is 135 Å². The van der Waals surface area contributed by atoms with Gasteiger partial charge in [0.1, 0.15) is 5.82 Å². The van der Waals surface area contributed by atoms with E-state index in [0.717, 1.165) is 56.4 Å². The molecule has 0 spiro atoms. The van der Waals surface area contributed by atoms with Gasteiger partial charge in [-0.1, -0.05) is 25.0 Å². The molecule has 122 valence electrons. The number of nitrogens with zero attached hydrogens (tertiary/aromatic N) is 2. The first-order valence-electron chi connectivity index (χ1n) is 8.60. The van der Waals surface area contributed by atoms with Crippen LogP contribution in [0.25, 0.3) is 10.9 Å². The summed E-state index contributed by atoms with van der Waals surface area (Å²) in [6, 6.07) is 7.57. The second-order valence-electron chi connectivity index (χ2n) is 7.03. The van der Waals surface area contributed by atoms with Crippen molar-refractivity contribution in [2.75, 3.05) is 13.1 Å². The van der Waals surface area contributed by atoms with E-state index in [-0.39, 0.29) is 11.6 Å². The van der Waals surface area contributed by atoms with E-state index in [1.807, 2.05) is 18.2 Å². The van der Waals surface area contributed by atoms with Crippen molar-refractivity contribution < 1.29 is 5.11 Å². The van der Waals surface area contributed by atoms with Gasteiger partial charge >= 0.3 is 0 Å². The SMILES string of the molecule is O=c1[nH]c(C2CCCN2CC2(O)CCCC2)nc2ccccc12. The van der Waals surface area contributed by atoms with Crippen LogP contribution in [0.4, 0.5) is 0 Å². The van der Waals surface area contributed by atoms with Crippen molar-refractivity contribution in [1.29, 1.82) is 0 Å². The number of nitrogens with one attached hydrogen (secondary N) is 1. The highest BCUT2D eigenvalue weighted by molar-refractivity contribution is 5.77. The Balaban J connectivity index is 1.64. The highest BCUT2D eigenvalue weighted by Crippen LogP contribution is 2.36. The number of aliphatic hydroxyl groups is 1. The molecule has 0 bridgehead atoms. The van der Waals surface area contributed by atoms with Gasteiger partial charge in [0, 0.05) is 6.54 Å². The van der Waals surface area contributed by atoms with Gasteiger partial charge < -0.3 is 10.1 Å². The van der Waals surface area contributed by atoms with Crippen molar-refractivity contribution in [2.24, 2.45) is 0 Å². The third-order valence-electron chi connectivity index (χ3n) is 5.34. The van der Waals surface area contributed by atoms with Crippen LogP contribution < -0.4 is 5.56 Å². The third-order valence-corrected chi connectivity index (χ3v) is 5.34. The molecule has 5 heteroatoms. The van der Waals surface area contributed by atoms with Gasteiger partial charge in [0.25, 0.3) is 5.56 Å². The minimum Gasteiger partial charge on any atom is -0.389 e. The van der Waals surface area contributed by atoms with Crippen molar-refractivity contribution in [3.63, 3.8) is 0 Å². The molecule has 2 heterocycles. The van der Waals surface area contributed by atoms with Gasteiger partial charge in [-0.3, -0.25) is 9.69 Å². The molecule has 4 rings (SSSR count). The minimum atomic E-state index is -0.556. The van der Waals surface area contributed by atoms with Crippen LogP contribution in [0.5, 0.6) is 0 Å². The molecular formula is C18H23N3O2. The average molecular weight is 313 g/mol. The molecule has 2 aliphatic rings. The molecule has 0 amide bonds. The largest absolute Gasteiger partial charge is 0.389 e. The number of hydrogen-bond acceptors (Lipinski definition) is 4. The Bertz CT molecular complexity index is 764. The summed E-state index contributed by atoms with van der Waals surface area (Å²) in [6.07, 6.45) is 6.06.